The molecule has 5 N–H and O–H groups in total. The molecule has 1 fully saturated rings. The number of esters is 2. The number of carbonyl (C=O) groups is 6. The molecule has 1 aliphatic rings. The van der Waals surface area contributed by atoms with E-state index >= 15 is 0 Å². The summed E-state index contributed by atoms with van der Waals surface area (Å²) in [5.41, 5.74) is 0. The molecule has 0 radical (unpaired) electrons. The van der Waals surface area contributed by atoms with Crippen LogP contribution in [0.15, 0.2) is 12.2 Å². The molecule has 42 heavy (non-hydrogen) atoms. The quantitative estimate of drug-likeness (QED) is 0.148. The van der Waals surface area contributed by atoms with Gasteiger partial charge < -0.3 is 36.1 Å². The molecule has 13 heteroatoms. The highest BCUT2D eigenvalue weighted by Crippen LogP contribution is 2.17. The third-order valence-corrected chi connectivity index (χ3v) is 5.16. The molecule has 0 spiro atoms. The molecule has 0 aromatic carbocycles. The van der Waals surface area contributed by atoms with Crippen molar-refractivity contribution in [3.63, 3.8) is 0 Å². The van der Waals surface area contributed by atoms with Gasteiger partial charge in [-0.2, -0.15) is 0 Å². The van der Waals surface area contributed by atoms with Crippen LogP contribution in [0, 0.1) is 17.8 Å². The van der Waals surface area contributed by atoms with E-state index in [1.165, 1.54) is 12.2 Å². The molecular formula is C29H53N5O8. The number of ether oxygens (including phenoxy) is 2. The minimum absolute atomic E-state index is 0.126. The zero-order valence-electron chi connectivity index (χ0n) is 26.8. The Morgan fingerprint density at radius 2 is 1.52 bits per heavy atom. The van der Waals surface area contributed by atoms with Crippen LogP contribution >= 0.6 is 0 Å². The first kappa shape index (κ1) is 40.5. The summed E-state index contributed by atoms with van der Waals surface area (Å²) in [6.07, 6.45) is 3.52. The van der Waals surface area contributed by atoms with Crippen molar-refractivity contribution >= 4 is 35.7 Å². The Labute approximate surface area is 250 Å². The van der Waals surface area contributed by atoms with E-state index in [1.807, 2.05) is 13.8 Å². The largest absolute Gasteiger partial charge is 0.465 e. The van der Waals surface area contributed by atoms with Crippen molar-refractivity contribution in [3.05, 3.63) is 12.2 Å². The van der Waals surface area contributed by atoms with Crippen LogP contribution < -0.4 is 26.6 Å². The number of amides is 5. The highest BCUT2D eigenvalue weighted by Gasteiger charge is 2.28. The zero-order chi connectivity index (χ0) is 32.7. The average molecular weight is 600 g/mol. The van der Waals surface area contributed by atoms with Crippen molar-refractivity contribution in [2.75, 3.05) is 32.8 Å². The monoisotopic (exact) mass is 599 g/mol. The van der Waals surface area contributed by atoms with Crippen LogP contribution in [0.25, 0.3) is 0 Å². The molecule has 5 amide bonds. The Kier molecular flexibility index (Phi) is 23.1. The lowest BCUT2D eigenvalue weighted by Crippen LogP contribution is -2.54. The summed E-state index contributed by atoms with van der Waals surface area (Å²) in [6.45, 7) is 17.4. The van der Waals surface area contributed by atoms with Crippen LogP contribution in [0.4, 0.5) is 4.79 Å². The van der Waals surface area contributed by atoms with Gasteiger partial charge in [-0.05, 0) is 38.5 Å². The Bertz CT molecular complexity index is 873. The van der Waals surface area contributed by atoms with Crippen molar-refractivity contribution in [2.45, 2.75) is 87.2 Å². The molecule has 1 rings (SSSR count). The third-order valence-electron chi connectivity index (χ3n) is 5.16. The summed E-state index contributed by atoms with van der Waals surface area (Å²) >= 11 is 0. The lowest BCUT2D eigenvalue weighted by molar-refractivity contribution is -0.142. The molecule has 242 valence electrons. The maximum atomic E-state index is 12.6. The third kappa shape index (κ3) is 20.3. The van der Waals surface area contributed by atoms with Crippen LogP contribution in [-0.2, 0) is 33.4 Å². The first-order chi connectivity index (χ1) is 19.8. The fourth-order valence-corrected chi connectivity index (χ4v) is 3.37. The number of hydrogen-bond donors (Lipinski definition) is 5. The highest BCUT2D eigenvalue weighted by atomic mass is 16.5. The molecule has 0 saturated carbocycles. The van der Waals surface area contributed by atoms with E-state index in [0.717, 1.165) is 5.92 Å². The fraction of sp³-hybridized carbons (Fsp3) is 0.724. The molecule has 1 heterocycles. The minimum Gasteiger partial charge on any atom is -0.465 e. The van der Waals surface area contributed by atoms with E-state index in [4.69, 9.17) is 9.47 Å². The van der Waals surface area contributed by atoms with Gasteiger partial charge in [-0.25, -0.2) is 9.59 Å². The van der Waals surface area contributed by atoms with Gasteiger partial charge in [0, 0.05) is 24.6 Å². The molecule has 0 bridgehead atoms. The number of carbonyl (C=O) groups excluding carboxylic acids is 6. The Morgan fingerprint density at radius 1 is 0.929 bits per heavy atom. The summed E-state index contributed by atoms with van der Waals surface area (Å²) in [6, 6.07) is -2.35. The van der Waals surface area contributed by atoms with Gasteiger partial charge in [-0.3, -0.25) is 19.2 Å². The number of nitrogens with one attached hydrogen (secondary N) is 5. The normalized spacial score (nSPS) is 15.2. The number of rotatable bonds is 14. The standard InChI is InChI=1S/C23H37N5O8.C4H10.C2H6/c1-5-35-18(30)8-7-16(11-15-9-10-24-21(15)32)27-17(29)12-25-22(33)20(14(3)4)28-23(34)26-13-19(31)36-6-2;1-4(2)3;1-2/h7-8,14-16,20H,5-6,9-13H2,1-4H3,(H,24,32)(H,25,33)(H,27,29)(H2,26,28,34);4H,1-3H3;1-2H3/b8-7+;;. The molecule has 1 saturated heterocycles. The minimum atomic E-state index is -0.971. The highest BCUT2D eigenvalue weighted by molar-refractivity contribution is 5.91. The van der Waals surface area contributed by atoms with Crippen LogP contribution in [-0.4, -0.2) is 80.6 Å². The topological polar surface area (TPSA) is 181 Å². The van der Waals surface area contributed by atoms with Crippen molar-refractivity contribution in [2.24, 2.45) is 17.8 Å². The maximum Gasteiger partial charge on any atom is 0.330 e. The molecular weight excluding hydrogens is 546 g/mol. The average Bonchev–Trinajstić information content (AvgIpc) is 3.32. The molecule has 3 atom stereocenters. The van der Waals surface area contributed by atoms with E-state index in [-0.39, 0.29) is 43.9 Å². The molecule has 0 aromatic rings. The predicted octanol–water partition coefficient (Wildman–Crippen LogP) is 1.81. The van der Waals surface area contributed by atoms with Gasteiger partial charge in [-0.15, -0.1) is 0 Å². The Hall–Kier alpha value is -3.64. The van der Waals surface area contributed by atoms with E-state index in [2.05, 4.69) is 47.4 Å². The van der Waals surface area contributed by atoms with E-state index in [1.54, 1.807) is 27.7 Å². The molecule has 13 nitrogen and oxygen atoms in total. The van der Waals surface area contributed by atoms with Gasteiger partial charge >= 0.3 is 18.0 Å². The predicted molar refractivity (Wildman–Crippen MR) is 160 cm³/mol. The fourth-order valence-electron chi connectivity index (χ4n) is 3.37. The lowest BCUT2D eigenvalue weighted by atomic mass is 9.98. The number of urea groups is 1. The summed E-state index contributed by atoms with van der Waals surface area (Å²) < 4.78 is 9.57. The maximum absolute atomic E-state index is 12.6. The Balaban J connectivity index is 0. The van der Waals surface area contributed by atoms with Gasteiger partial charge in [0.2, 0.25) is 17.7 Å². The number of hydrogen-bond acceptors (Lipinski definition) is 8. The zero-order valence-corrected chi connectivity index (χ0v) is 26.8. The Morgan fingerprint density at radius 3 is 2.02 bits per heavy atom. The van der Waals surface area contributed by atoms with Gasteiger partial charge in [0.1, 0.15) is 12.6 Å². The van der Waals surface area contributed by atoms with Crippen molar-refractivity contribution < 1.29 is 38.2 Å². The van der Waals surface area contributed by atoms with Crippen LogP contribution in [0.3, 0.4) is 0 Å². The van der Waals surface area contributed by atoms with Gasteiger partial charge in [0.25, 0.3) is 0 Å². The van der Waals surface area contributed by atoms with E-state index in [0.29, 0.717) is 13.0 Å². The molecule has 0 aliphatic carbocycles. The van der Waals surface area contributed by atoms with Crippen LogP contribution in [0.5, 0.6) is 0 Å². The lowest BCUT2D eigenvalue weighted by Gasteiger charge is -2.22. The smallest absolute Gasteiger partial charge is 0.330 e. The first-order valence-corrected chi connectivity index (χ1v) is 14.7. The first-order valence-electron chi connectivity index (χ1n) is 14.7. The molecule has 1 aliphatic heterocycles. The van der Waals surface area contributed by atoms with Crippen LogP contribution in [0.2, 0.25) is 0 Å². The van der Waals surface area contributed by atoms with Gasteiger partial charge in [-0.1, -0.05) is 54.5 Å². The SMILES string of the molecule is CC.CC(C)C.CCOC(=O)/C=C/C(CC1CCNC1=O)NC(=O)CNC(=O)C(NC(=O)NCC(=O)OCC)C(C)C. The molecule has 0 aromatic heterocycles. The summed E-state index contributed by atoms with van der Waals surface area (Å²) in [7, 11) is 0. The molecule has 3 unspecified atom stereocenters. The van der Waals surface area contributed by atoms with Gasteiger partial charge in [0.05, 0.1) is 19.8 Å². The van der Waals surface area contributed by atoms with E-state index in [9.17, 15) is 28.8 Å². The second-order valence-electron chi connectivity index (χ2n) is 10.1. The second kappa shape index (κ2) is 24.0. The summed E-state index contributed by atoms with van der Waals surface area (Å²) in [5, 5.41) is 12.7. The van der Waals surface area contributed by atoms with Crippen molar-refractivity contribution in [3.8, 4) is 0 Å². The van der Waals surface area contributed by atoms with E-state index < -0.39 is 48.4 Å². The summed E-state index contributed by atoms with van der Waals surface area (Å²) in [5.74, 6) is -2.26. The second-order valence-corrected chi connectivity index (χ2v) is 10.1. The van der Waals surface area contributed by atoms with Crippen molar-refractivity contribution in [1.82, 2.24) is 26.6 Å². The van der Waals surface area contributed by atoms with Gasteiger partial charge in [0.15, 0.2) is 0 Å². The summed E-state index contributed by atoms with van der Waals surface area (Å²) in [4.78, 5) is 72.1. The van der Waals surface area contributed by atoms with Crippen LogP contribution in [0.1, 0.15) is 75.2 Å². The van der Waals surface area contributed by atoms with Crippen molar-refractivity contribution in [1.29, 1.82) is 0 Å².